The van der Waals surface area contributed by atoms with Gasteiger partial charge in [-0.05, 0) is 49.5 Å². The number of hydrogen-bond donors (Lipinski definition) is 2. The molecule has 2 aromatic rings. The third-order valence-electron chi connectivity index (χ3n) is 3.41. The summed E-state index contributed by atoms with van der Waals surface area (Å²) in [6, 6.07) is 12.7. The molecule has 0 saturated carbocycles. The molecule has 0 amide bonds. The van der Waals surface area contributed by atoms with E-state index in [-0.39, 0.29) is 23.7 Å². The Morgan fingerprint density at radius 1 is 0.650 bits per heavy atom. The number of hydrogen-bond acceptors (Lipinski definition) is 2. The average Bonchev–Trinajstić information content (AvgIpc) is 2.47. The molecule has 0 saturated heterocycles. The Hall–Kier alpha value is -1.78. The van der Waals surface area contributed by atoms with Crippen LogP contribution >= 0.6 is 0 Å². The Morgan fingerprint density at radius 3 is 1.20 bits per heavy atom. The topological polar surface area (TPSA) is 24.1 Å². The Balaban J connectivity index is 2.32. The highest BCUT2D eigenvalue weighted by Gasteiger charge is 2.22. The van der Waals surface area contributed by atoms with Gasteiger partial charge in [0.15, 0.2) is 0 Å². The molecule has 20 heavy (non-hydrogen) atoms. The van der Waals surface area contributed by atoms with Crippen molar-refractivity contribution >= 4 is 0 Å². The smallest absolute Gasteiger partial charge is 0.123 e. The summed E-state index contributed by atoms with van der Waals surface area (Å²) in [7, 11) is 3.70. The molecule has 2 nitrogen and oxygen atoms in total. The van der Waals surface area contributed by atoms with Crippen LogP contribution in [0, 0.1) is 11.6 Å². The number of likely N-dealkylation sites (N-methyl/N-ethyl adjacent to an activating group) is 2. The molecule has 0 bridgehead atoms. The van der Waals surface area contributed by atoms with Gasteiger partial charge in [-0.15, -0.1) is 0 Å². The fourth-order valence-electron chi connectivity index (χ4n) is 2.39. The lowest BCUT2D eigenvalue weighted by Gasteiger charge is -2.27. The van der Waals surface area contributed by atoms with E-state index in [0.29, 0.717) is 0 Å². The summed E-state index contributed by atoms with van der Waals surface area (Å²) >= 11 is 0. The fourth-order valence-corrected chi connectivity index (χ4v) is 2.39. The van der Waals surface area contributed by atoms with Crippen molar-refractivity contribution in [3.05, 3.63) is 71.3 Å². The first-order valence-corrected chi connectivity index (χ1v) is 6.51. The van der Waals surface area contributed by atoms with Gasteiger partial charge in [0, 0.05) is 0 Å². The zero-order valence-electron chi connectivity index (χ0n) is 11.5. The van der Waals surface area contributed by atoms with Crippen molar-refractivity contribution in [2.24, 2.45) is 0 Å². The minimum Gasteiger partial charge on any atom is -0.311 e. The highest BCUT2D eigenvalue weighted by atomic mass is 19.1. The molecule has 2 N–H and O–H groups in total. The molecule has 0 radical (unpaired) electrons. The van der Waals surface area contributed by atoms with Gasteiger partial charge in [-0.3, -0.25) is 0 Å². The Kier molecular flexibility index (Phi) is 4.82. The molecule has 106 valence electrons. The second-order valence-corrected chi connectivity index (χ2v) is 4.64. The van der Waals surface area contributed by atoms with Gasteiger partial charge in [-0.2, -0.15) is 0 Å². The van der Waals surface area contributed by atoms with Crippen LogP contribution in [0.25, 0.3) is 0 Å². The van der Waals surface area contributed by atoms with Gasteiger partial charge < -0.3 is 10.6 Å². The van der Waals surface area contributed by atoms with E-state index in [2.05, 4.69) is 10.6 Å². The minimum atomic E-state index is -0.258. The van der Waals surface area contributed by atoms with Gasteiger partial charge in [-0.25, -0.2) is 8.78 Å². The van der Waals surface area contributed by atoms with Gasteiger partial charge in [0.25, 0.3) is 0 Å². The summed E-state index contributed by atoms with van der Waals surface area (Å²) in [4.78, 5) is 0. The summed E-state index contributed by atoms with van der Waals surface area (Å²) in [6.07, 6.45) is 0. The molecule has 0 fully saturated rings. The largest absolute Gasteiger partial charge is 0.311 e. The SMILES string of the molecule is CNC(c1ccc(F)cc1)C(NC)c1ccc(F)cc1. The average molecular weight is 276 g/mol. The van der Waals surface area contributed by atoms with Crippen LogP contribution in [0.3, 0.4) is 0 Å². The van der Waals surface area contributed by atoms with Crippen LogP contribution in [0.4, 0.5) is 8.78 Å². The predicted molar refractivity (Wildman–Crippen MR) is 76.4 cm³/mol. The van der Waals surface area contributed by atoms with Gasteiger partial charge in [0.2, 0.25) is 0 Å². The molecule has 0 heterocycles. The van der Waals surface area contributed by atoms with E-state index in [9.17, 15) is 8.78 Å². The second-order valence-electron chi connectivity index (χ2n) is 4.64. The number of benzene rings is 2. The van der Waals surface area contributed by atoms with E-state index in [4.69, 9.17) is 0 Å². The summed E-state index contributed by atoms with van der Waals surface area (Å²) in [5.74, 6) is -0.516. The van der Waals surface area contributed by atoms with Crippen molar-refractivity contribution < 1.29 is 8.78 Å². The first-order chi connectivity index (χ1) is 9.65. The van der Waals surface area contributed by atoms with E-state index in [0.717, 1.165) is 11.1 Å². The van der Waals surface area contributed by atoms with Gasteiger partial charge in [-0.1, -0.05) is 24.3 Å². The van der Waals surface area contributed by atoms with Crippen LogP contribution in [0.1, 0.15) is 23.2 Å². The molecule has 2 unspecified atom stereocenters. The van der Waals surface area contributed by atoms with E-state index < -0.39 is 0 Å². The Morgan fingerprint density at radius 2 is 0.950 bits per heavy atom. The van der Waals surface area contributed by atoms with Crippen LogP contribution in [0.5, 0.6) is 0 Å². The first kappa shape index (κ1) is 14.6. The summed E-state index contributed by atoms with van der Waals surface area (Å²) in [5, 5.41) is 6.45. The lowest BCUT2D eigenvalue weighted by Crippen LogP contribution is -2.31. The standard InChI is InChI=1S/C16H18F2N2/c1-19-15(11-3-7-13(17)8-4-11)16(20-2)12-5-9-14(18)10-6-12/h3-10,15-16,19-20H,1-2H3. The van der Waals surface area contributed by atoms with E-state index >= 15 is 0 Å². The van der Waals surface area contributed by atoms with E-state index in [1.165, 1.54) is 24.3 Å². The summed E-state index contributed by atoms with van der Waals surface area (Å²) < 4.78 is 26.1. The van der Waals surface area contributed by atoms with Crippen LogP contribution in [-0.4, -0.2) is 14.1 Å². The van der Waals surface area contributed by atoms with Crippen molar-refractivity contribution in [1.82, 2.24) is 10.6 Å². The van der Waals surface area contributed by atoms with Crippen LogP contribution in [0.15, 0.2) is 48.5 Å². The minimum absolute atomic E-state index is 0.0361. The van der Waals surface area contributed by atoms with E-state index in [1.54, 1.807) is 24.3 Å². The maximum Gasteiger partial charge on any atom is 0.123 e. The van der Waals surface area contributed by atoms with Crippen molar-refractivity contribution in [2.45, 2.75) is 12.1 Å². The van der Waals surface area contributed by atoms with E-state index in [1.807, 2.05) is 14.1 Å². The quantitative estimate of drug-likeness (QED) is 0.876. The summed E-state index contributed by atoms with van der Waals surface area (Å²) in [5.41, 5.74) is 1.94. The number of rotatable bonds is 5. The molecule has 2 rings (SSSR count). The van der Waals surface area contributed by atoms with Crippen molar-refractivity contribution in [1.29, 1.82) is 0 Å². The van der Waals surface area contributed by atoms with Crippen LogP contribution < -0.4 is 10.6 Å². The predicted octanol–water partition coefficient (Wildman–Crippen LogP) is 3.19. The van der Waals surface area contributed by atoms with Gasteiger partial charge in [0.05, 0.1) is 12.1 Å². The normalized spacial score (nSPS) is 14.0. The fraction of sp³-hybridized carbons (Fsp3) is 0.250. The molecule has 0 spiro atoms. The van der Waals surface area contributed by atoms with Crippen LogP contribution in [0.2, 0.25) is 0 Å². The summed E-state index contributed by atoms with van der Waals surface area (Å²) in [6.45, 7) is 0. The molecule has 0 aliphatic rings. The Bertz CT molecular complexity index is 486. The maximum atomic E-state index is 13.0. The highest BCUT2D eigenvalue weighted by Crippen LogP contribution is 2.28. The molecular formula is C16H18F2N2. The van der Waals surface area contributed by atoms with Crippen LogP contribution in [-0.2, 0) is 0 Å². The van der Waals surface area contributed by atoms with Crippen molar-refractivity contribution in [3.63, 3.8) is 0 Å². The van der Waals surface area contributed by atoms with Gasteiger partial charge >= 0.3 is 0 Å². The highest BCUT2D eigenvalue weighted by molar-refractivity contribution is 5.28. The zero-order valence-corrected chi connectivity index (χ0v) is 11.5. The molecule has 2 aromatic carbocycles. The number of halogens is 2. The molecule has 0 aliphatic carbocycles. The van der Waals surface area contributed by atoms with Crippen molar-refractivity contribution in [2.75, 3.05) is 14.1 Å². The Labute approximate surface area is 117 Å². The van der Waals surface area contributed by atoms with Crippen molar-refractivity contribution in [3.8, 4) is 0 Å². The van der Waals surface area contributed by atoms with Gasteiger partial charge in [0.1, 0.15) is 11.6 Å². The third-order valence-corrected chi connectivity index (χ3v) is 3.41. The third kappa shape index (κ3) is 3.21. The number of nitrogens with one attached hydrogen (secondary N) is 2. The monoisotopic (exact) mass is 276 g/mol. The lowest BCUT2D eigenvalue weighted by atomic mass is 9.93. The molecule has 0 aromatic heterocycles. The molecule has 0 aliphatic heterocycles. The first-order valence-electron chi connectivity index (χ1n) is 6.51. The molecule has 2 atom stereocenters. The lowest BCUT2D eigenvalue weighted by molar-refractivity contribution is 0.431. The maximum absolute atomic E-state index is 13.0. The second kappa shape index (κ2) is 6.59. The molecular weight excluding hydrogens is 258 g/mol. The molecule has 4 heteroatoms. The zero-order chi connectivity index (χ0) is 14.5.